The smallest absolute Gasteiger partial charge is 0.326 e. The number of urea groups is 1. The molecule has 1 spiro atoms. The van der Waals surface area contributed by atoms with Gasteiger partial charge in [-0.15, -0.1) is 0 Å². The monoisotopic (exact) mass is 413 g/mol. The van der Waals surface area contributed by atoms with Gasteiger partial charge < -0.3 is 15.0 Å². The molecule has 2 aliphatic heterocycles. The lowest BCUT2D eigenvalue weighted by Gasteiger charge is -2.36. The Labute approximate surface area is 175 Å². The van der Waals surface area contributed by atoms with Gasteiger partial charge in [-0.3, -0.25) is 19.3 Å². The molecule has 0 unspecified atom stereocenters. The largest absolute Gasteiger partial charge is 0.454 e. The number of rotatable bonds is 4. The number of fused-ring (bicyclic) bond motifs is 1. The molecule has 1 aromatic rings. The number of carbonyl (C=O) groups excluding carboxylic acids is 4. The van der Waals surface area contributed by atoms with Gasteiger partial charge in [0.1, 0.15) is 12.1 Å². The van der Waals surface area contributed by atoms with Crippen molar-refractivity contribution in [1.29, 1.82) is 0 Å². The number of esters is 1. The Balaban J connectivity index is 1.36. The van der Waals surface area contributed by atoms with Crippen LogP contribution in [0.5, 0.6) is 0 Å². The first-order chi connectivity index (χ1) is 14.3. The van der Waals surface area contributed by atoms with Crippen LogP contribution in [-0.4, -0.2) is 53.4 Å². The Morgan fingerprint density at radius 1 is 1.20 bits per heavy atom. The maximum atomic E-state index is 12.9. The number of hydrogen-bond acceptors (Lipinski definition) is 5. The molecule has 1 aliphatic carbocycles. The zero-order valence-electron chi connectivity index (χ0n) is 17.3. The molecule has 1 N–H and O–H groups in total. The predicted molar refractivity (Wildman–Crippen MR) is 109 cm³/mol. The zero-order valence-corrected chi connectivity index (χ0v) is 17.3. The molecule has 0 bridgehead atoms. The molecule has 2 heterocycles. The molecule has 0 radical (unpaired) electrons. The molecule has 1 aromatic carbocycles. The zero-order chi connectivity index (χ0) is 21.5. The molecule has 3 atom stereocenters. The predicted octanol–water partition coefficient (Wildman–Crippen LogP) is 2.01. The van der Waals surface area contributed by atoms with E-state index in [4.69, 9.17) is 4.74 Å². The molecule has 2 fully saturated rings. The van der Waals surface area contributed by atoms with E-state index >= 15 is 0 Å². The van der Waals surface area contributed by atoms with Crippen LogP contribution < -0.4 is 10.2 Å². The van der Waals surface area contributed by atoms with Crippen LogP contribution in [0.2, 0.25) is 0 Å². The number of carbonyl (C=O) groups is 4. The lowest BCUT2D eigenvalue weighted by Crippen LogP contribution is -2.54. The third kappa shape index (κ3) is 3.34. The van der Waals surface area contributed by atoms with Gasteiger partial charge in [-0.2, -0.15) is 0 Å². The molecule has 8 nitrogen and oxygen atoms in total. The first-order valence-electron chi connectivity index (χ1n) is 10.5. The van der Waals surface area contributed by atoms with E-state index < -0.39 is 30.7 Å². The van der Waals surface area contributed by atoms with Crippen LogP contribution in [0.15, 0.2) is 24.3 Å². The second-order valence-electron chi connectivity index (χ2n) is 8.55. The summed E-state index contributed by atoms with van der Waals surface area (Å²) in [5.74, 6) is -1.45. The summed E-state index contributed by atoms with van der Waals surface area (Å²) in [6, 6.07) is 7.05. The Kier molecular flexibility index (Phi) is 5.26. The van der Waals surface area contributed by atoms with Gasteiger partial charge in [-0.05, 0) is 43.7 Å². The molecule has 8 heteroatoms. The highest BCUT2D eigenvalue weighted by atomic mass is 16.5. The fourth-order valence-corrected chi connectivity index (χ4v) is 4.97. The van der Waals surface area contributed by atoms with E-state index in [1.165, 1.54) is 0 Å². The highest BCUT2D eigenvalue weighted by molar-refractivity contribution is 6.09. The summed E-state index contributed by atoms with van der Waals surface area (Å²) in [4.78, 5) is 52.8. The van der Waals surface area contributed by atoms with Crippen molar-refractivity contribution in [2.75, 3.05) is 18.1 Å². The SMILES string of the molecule is C[C@@H]1Cc2ccccc2N1C(=O)COC(=O)CN1C(=O)N[C@]2(CCCC[C@@H]2C)C1=O. The van der Waals surface area contributed by atoms with Crippen molar-refractivity contribution < 1.29 is 23.9 Å². The second kappa shape index (κ2) is 7.74. The maximum absolute atomic E-state index is 12.9. The first-order valence-corrected chi connectivity index (χ1v) is 10.5. The number of nitrogens with one attached hydrogen (secondary N) is 1. The quantitative estimate of drug-likeness (QED) is 0.602. The van der Waals surface area contributed by atoms with Crippen LogP contribution in [0.25, 0.3) is 0 Å². The summed E-state index contributed by atoms with van der Waals surface area (Å²) in [7, 11) is 0. The average molecular weight is 413 g/mol. The van der Waals surface area contributed by atoms with Crippen molar-refractivity contribution in [1.82, 2.24) is 10.2 Å². The van der Waals surface area contributed by atoms with Gasteiger partial charge >= 0.3 is 12.0 Å². The minimum Gasteiger partial charge on any atom is -0.454 e. The van der Waals surface area contributed by atoms with Gasteiger partial charge in [0.2, 0.25) is 0 Å². The molecule has 4 amide bonds. The average Bonchev–Trinajstić information content (AvgIpc) is 3.17. The highest BCUT2D eigenvalue weighted by Gasteiger charge is 2.55. The number of amides is 4. The van der Waals surface area contributed by atoms with Crippen molar-refractivity contribution >= 4 is 29.5 Å². The number of nitrogens with zero attached hydrogens (tertiary/aromatic N) is 2. The number of imide groups is 1. The number of anilines is 1. The summed E-state index contributed by atoms with van der Waals surface area (Å²) in [5, 5.41) is 2.81. The Hall–Kier alpha value is -2.90. The highest BCUT2D eigenvalue weighted by Crippen LogP contribution is 2.38. The van der Waals surface area contributed by atoms with Gasteiger partial charge in [0.25, 0.3) is 11.8 Å². The van der Waals surface area contributed by atoms with Crippen LogP contribution in [-0.2, 0) is 25.5 Å². The summed E-state index contributed by atoms with van der Waals surface area (Å²) >= 11 is 0. The molecular formula is C22H27N3O5. The molecule has 30 heavy (non-hydrogen) atoms. The van der Waals surface area contributed by atoms with Crippen molar-refractivity contribution in [3.8, 4) is 0 Å². The molecule has 4 rings (SSSR count). The Morgan fingerprint density at radius 3 is 2.73 bits per heavy atom. The first kappa shape index (κ1) is 20.4. The molecule has 160 valence electrons. The van der Waals surface area contributed by atoms with Gasteiger partial charge in [-0.1, -0.05) is 38.0 Å². The summed E-state index contributed by atoms with van der Waals surface area (Å²) in [5.41, 5.74) is 0.990. The molecule has 3 aliphatic rings. The minimum atomic E-state index is -0.917. The van der Waals surface area contributed by atoms with E-state index in [2.05, 4.69) is 5.32 Å². The fourth-order valence-electron chi connectivity index (χ4n) is 4.97. The third-order valence-corrected chi connectivity index (χ3v) is 6.62. The standard InChI is InChI=1S/C22H27N3O5/c1-14-7-5-6-10-22(14)20(28)24(21(29)23-22)12-19(27)30-13-18(26)25-15(2)11-16-8-3-4-9-17(16)25/h3-4,8-9,14-15H,5-7,10-13H2,1-2H3,(H,23,29)/t14-,15+,22-/m0/s1. The van der Waals surface area contributed by atoms with Gasteiger partial charge in [0.15, 0.2) is 6.61 Å². The van der Waals surface area contributed by atoms with E-state index in [1.807, 2.05) is 38.1 Å². The van der Waals surface area contributed by atoms with Gasteiger partial charge in [-0.25, -0.2) is 4.79 Å². The normalized spacial score (nSPS) is 27.9. The van der Waals surface area contributed by atoms with Crippen molar-refractivity contribution in [3.63, 3.8) is 0 Å². The maximum Gasteiger partial charge on any atom is 0.326 e. The Bertz CT molecular complexity index is 901. The van der Waals surface area contributed by atoms with E-state index in [-0.39, 0.29) is 23.8 Å². The van der Waals surface area contributed by atoms with Gasteiger partial charge in [0.05, 0.1) is 0 Å². The molecule has 0 aromatic heterocycles. The molecule has 1 saturated carbocycles. The summed E-state index contributed by atoms with van der Waals surface area (Å²) in [6.45, 7) is 2.98. The van der Waals surface area contributed by atoms with Crippen LogP contribution in [0.3, 0.4) is 0 Å². The van der Waals surface area contributed by atoms with E-state index in [1.54, 1.807) is 4.90 Å². The van der Waals surface area contributed by atoms with E-state index in [0.717, 1.165) is 41.8 Å². The molecule has 1 saturated heterocycles. The minimum absolute atomic E-state index is 0.0158. The second-order valence-corrected chi connectivity index (χ2v) is 8.55. The number of para-hydroxylation sites is 1. The van der Waals surface area contributed by atoms with Crippen LogP contribution in [0.4, 0.5) is 10.5 Å². The fraction of sp³-hybridized carbons (Fsp3) is 0.545. The van der Waals surface area contributed by atoms with E-state index in [9.17, 15) is 19.2 Å². The van der Waals surface area contributed by atoms with Crippen LogP contribution >= 0.6 is 0 Å². The molecular weight excluding hydrogens is 386 g/mol. The Morgan fingerprint density at radius 2 is 1.97 bits per heavy atom. The lowest BCUT2D eigenvalue weighted by molar-refractivity contribution is -0.151. The summed E-state index contributed by atoms with van der Waals surface area (Å²) in [6.07, 6.45) is 4.06. The number of ether oxygens (including phenoxy) is 1. The lowest BCUT2D eigenvalue weighted by atomic mass is 9.73. The van der Waals surface area contributed by atoms with Crippen LogP contribution in [0, 0.1) is 5.92 Å². The summed E-state index contributed by atoms with van der Waals surface area (Å²) < 4.78 is 5.14. The third-order valence-electron chi connectivity index (χ3n) is 6.62. The topological polar surface area (TPSA) is 96.0 Å². The number of hydrogen-bond donors (Lipinski definition) is 1. The number of benzene rings is 1. The van der Waals surface area contributed by atoms with Crippen molar-refractivity contribution in [3.05, 3.63) is 29.8 Å². The van der Waals surface area contributed by atoms with E-state index in [0.29, 0.717) is 6.42 Å². The van der Waals surface area contributed by atoms with Crippen LogP contribution in [0.1, 0.15) is 45.1 Å². The van der Waals surface area contributed by atoms with Crippen molar-refractivity contribution in [2.24, 2.45) is 5.92 Å². The van der Waals surface area contributed by atoms with Crippen molar-refractivity contribution in [2.45, 2.75) is 57.5 Å². The van der Waals surface area contributed by atoms with Gasteiger partial charge in [0, 0.05) is 11.7 Å².